The van der Waals surface area contributed by atoms with E-state index in [9.17, 15) is 9.90 Å². The lowest BCUT2D eigenvalue weighted by molar-refractivity contribution is -0.922. The fourth-order valence-corrected chi connectivity index (χ4v) is 3.66. The Kier molecular flexibility index (Phi) is 9.34. The number of quaternary nitrogens is 1. The lowest BCUT2D eigenvalue weighted by atomic mass is 9.85. The van der Waals surface area contributed by atoms with Crippen molar-refractivity contribution in [1.82, 2.24) is 4.90 Å². The Morgan fingerprint density at radius 3 is 1.64 bits per heavy atom. The van der Waals surface area contributed by atoms with Gasteiger partial charge in [0.25, 0.3) is 5.91 Å². The molecule has 0 radical (unpaired) electrons. The van der Waals surface area contributed by atoms with Crippen LogP contribution >= 0.6 is 0 Å². The molecular formula is C23H33BrN2O2. The lowest BCUT2D eigenvalue weighted by Gasteiger charge is -2.38. The second kappa shape index (κ2) is 10.7. The number of amides is 1. The van der Waals surface area contributed by atoms with Gasteiger partial charge < -0.3 is 31.5 Å². The Bertz CT molecular complexity index is 670. The molecule has 0 saturated carbocycles. The van der Waals surface area contributed by atoms with Crippen molar-refractivity contribution in [2.75, 3.05) is 39.8 Å². The number of hydrogen-bond acceptors (Lipinski definition) is 2. The number of hydrogen-bond donors (Lipinski definition) is 1. The van der Waals surface area contributed by atoms with E-state index < -0.39 is 5.60 Å². The molecule has 0 saturated heterocycles. The van der Waals surface area contributed by atoms with Crippen LogP contribution in [-0.4, -0.2) is 60.2 Å². The molecule has 4 nitrogen and oxygen atoms in total. The molecule has 0 heterocycles. The molecule has 2 aromatic rings. The summed E-state index contributed by atoms with van der Waals surface area (Å²) in [5.74, 6) is -0.290. The molecule has 0 aliphatic heterocycles. The molecule has 0 aliphatic carbocycles. The van der Waals surface area contributed by atoms with Gasteiger partial charge in [-0.2, -0.15) is 0 Å². The Balaban J connectivity index is 0.00000392. The highest BCUT2D eigenvalue weighted by atomic mass is 79.9. The zero-order chi connectivity index (χ0) is 19.9. The maximum atomic E-state index is 13.4. The molecular weight excluding hydrogens is 416 g/mol. The minimum absolute atomic E-state index is 0. The number of carbonyl (C=O) groups is 1. The fourth-order valence-electron chi connectivity index (χ4n) is 3.66. The normalized spacial score (nSPS) is 11.6. The van der Waals surface area contributed by atoms with Gasteiger partial charge in [0.1, 0.15) is 0 Å². The number of rotatable bonds is 9. The minimum atomic E-state index is -1.68. The molecule has 0 bridgehead atoms. The quantitative estimate of drug-likeness (QED) is 0.559. The summed E-state index contributed by atoms with van der Waals surface area (Å²) in [6, 6.07) is 18.4. The van der Waals surface area contributed by atoms with Gasteiger partial charge in [-0.1, -0.05) is 60.7 Å². The average Bonchev–Trinajstić information content (AvgIpc) is 2.75. The summed E-state index contributed by atoms with van der Waals surface area (Å²) in [5, 5.41) is 11.6. The number of nitrogens with zero attached hydrogens (tertiary/aromatic N) is 2. The number of benzene rings is 2. The number of halogens is 1. The third kappa shape index (κ3) is 5.02. The molecule has 5 heteroatoms. The molecule has 28 heavy (non-hydrogen) atoms. The van der Waals surface area contributed by atoms with Gasteiger partial charge in [-0.05, 0) is 31.9 Å². The topological polar surface area (TPSA) is 40.5 Å². The van der Waals surface area contributed by atoms with E-state index in [1.807, 2.05) is 60.7 Å². The van der Waals surface area contributed by atoms with Gasteiger partial charge in [0, 0.05) is 7.05 Å². The second-order valence-corrected chi connectivity index (χ2v) is 7.18. The largest absolute Gasteiger partial charge is 1.00 e. The van der Waals surface area contributed by atoms with Crippen molar-refractivity contribution in [3.05, 3.63) is 71.8 Å². The molecule has 0 unspecified atom stereocenters. The molecule has 0 spiro atoms. The molecule has 0 aliphatic rings. The zero-order valence-corrected chi connectivity index (χ0v) is 19.0. The van der Waals surface area contributed by atoms with Crippen molar-refractivity contribution in [2.24, 2.45) is 0 Å². The molecule has 0 aromatic heterocycles. The third-order valence-corrected chi connectivity index (χ3v) is 5.96. The Morgan fingerprint density at radius 1 is 0.893 bits per heavy atom. The highest BCUT2D eigenvalue weighted by Crippen LogP contribution is 2.31. The predicted octanol–water partition coefficient (Wildman–Crippen LogP) is 0.261. The lowest BCUT2D eigenvalue weighted by Crippen LogP contribution is -3.00. The van der Waals surface area contributed by atoms with Gasteiger partial charge in [0.15, 0.2) is 5.60 Å². The number of likely N-dealkylation sites (N-methyl/N-ethyl adjacent to an activating group) is 2. The van der Waals surface area contributed by atoms with Crippen LogP contribution in [-0.2, 0) is 10.4 Å². The van der Waals surface area contributed by atoms with Crippen molar-refractivity contribution in [1.29, 1.82) is 0 Å². The van der Waals surface area contributed by atoms with Crippen molar-refractivity contribution in [3.63, 3.8) is 0 Å². The Morgan fingerprint density at radius 2 is 1.29 bits per heavy atom. The van der Waals surface area contributed by atoms with Crippen molar-refractivity contribution in [3.8, 4) is 0 Å². The second-order valence-electron chi connectivity index (χ2n) is 7.18. The highest BCUT2D eigenvalue weighted by molar-refractivity contribution is 5.90. The van der Waals surface area contributed by atoms with Crippen LogP contribution in [0.15, 0.2) is 60.7 Å². The van der Waals surface area contributed by atoms with Gasteiger partial charge >= 0.3 is 0 Å². The Hall–Kier alpha value is -1.69. The summed E-state index contributed by atoms with van der Waals surface area (Å²) in [6.07, 6.45) is 0. The third-order valence-electron chi connectivity index (χ3n) is 5.96. The van der Waals surface area contributed by atoms with Gasteiger partial charge in [-0.25, -0.2) is 0 Å². The summed E-state index contributed by atoms with van der Waals surface area (Å²) >= 11 is 0. The van der Waals surface area contributed by atoms with Crippen molar-refractivity contribution >= 4 is 5.91 Å². The van der Waals surface area contributed by atoms with Crippen LogP contribution in [0.5, 0.6) is 0 Å². The van der Waals surface area contributed by atoms with Crippen LogP contribution in [0.25, 0.3) is 0 Å². The first-order valence-corrected chi connectivity index (χ1v) is 9.87. The average molecular weight is 449 g/mol. The van der Waals surface area contributed by atoms with Crippen LogP contribution in [0, 0.1) is 0 Å². The van der Waals surface area contributed by atoms with Gasteiger partial charge in [0.2, 0.25) is 0 Å². The molecule has 1 amide bonds. The molecule has 0 atom stereocenters. The summed E-state index contributed by atoms with van der Waals surface area (Å²) in [4.78, 5) is 15.1. The molecule has 154 valence electrons. The monoisotopic (exact) mass is 448 g/mol. The predicted molar refractivity (Wildman–Crippen MR) is 110 cm³/mol. The molecule has 0 fully saturated rings. The summed E-state index contributed by atoms with van der Waals surface area (Å²) in [6.45, 7) is 11.2. The minimum Gasteiger partial charge on any atom is -1.00 e. The van der Waals surface area contributed by atoms with E-state index in [2.05, 4.69) is 20.8 Å². The SMILES string of the molecule is CC[N+](CC)(CC)CCN(C)C(=O)C(O)(c1ccccc1)c1ccccc1.[Br-]. The Labute approximate surface area is 180 Å². The van der Waals surface area contributed by atoms with Crippen molar-refractivity contribution < 1.29 is 31.4 Å². The van der Waals surface area contributed by atoms with Crippen molar-refractivity contribution in [2.45, 2.75) is 26.4 Å². The van der Waals surface area contributed by atoms with Gasteiger partial charge in [-0.15, -0.1) is 0 Å². The van der Waals surface area contributed by atoms with Crippen LogP contribution in [0.2, 0.25) is 0 Å². The smallest absolute Gasteiger partial charge is 0.263 e. The van der Waals surface area contributed by atoms with E-state index in [1.165, 1.54) is 0 Å². The van der Waals surface area contributed by atoms with E-state index in [0.717, 1.165) is 30.7 Å². The summed E-state index contributed by atoms with van der Waals surface area (Å²) < 4.78 is 0.965. The summed E-state index contributed by atoms with van der Waals surface area (Å²) in [5.41, 5.74) is -0.497. The van der Waals surface area contributed by atoms with Crippen LogP contribution in [0.3, 0.4) is 0 Å². The number of carbonyl (C=O) groups excluding carboxylic acids is 1. The highest BCUT2D eigenvalue weighted by Gasteiger charge is 2.42. The van der Waals surface area contributed by atoms with E-state index in [-0.39, 0.29) is 22.9 Å². The maximum Gasteiger partial charge on any atom is 0.263 e. The first kappa shape index (κ1) is 24.3. The van der Waals surface area contributed by atoms with Crippen LogP contribution < -0.4 is 17.0 Å². The molecule has 2 aromatic carbocycles. The van der Waals surface area contributed by atoms with E-state index >= 15 is 0 Å². The first-order valence-electron chi connectivity index (χ1n) is 9.87. The maximum absolute atomic E-state index is 13.4. The van der Waals surface area contributed by atoms with Gasteiger partial charge in [-0.3, -0.25) is 4.79 Å². The van der Waals surface area contributed by atoms with E-state index in [4.69, 9.17) is 0 Å². The van der Waals surface area contributed by atoms with Gasteiger partial charge in [0.05, 0.1) is 32.7 Å². The molecule has 1 N–H and O–H groups in total. The number of aliphatic hydroxyl groups is 1. The van der Waals surface area contributed by atoms with E-state index in [1.54, 1.807) is 11.9 Å². The first-order chi connectivity index (χ1) is 12.9. The standard InChI is InChI=1S/C23H33N2O2.BrH/c1-5-25(6-2,7-3)19-18-24(4)22(26)23(27,20-14-10-8-11-15-20)21-16-12-9-13-17-21;/h8-17,27H,5-7,18-19H2,1-4H3;1H/q+1;/p-1. The summed E-state index contributed by atoms with van der Waals surface area (Å²) in [7, 11) is 1.79. The van der Waals surface area contributed by atoms with E-state index in [0.29, 0.717) is 17.7 Å². The zero-order valence-electron chi connectivity index (χ0n) is 17.4. The van der Waals surface area contributed by atoms with Crippen LogP contribution in [0.4, 0.5) is 0 Å². The molecule has 2 rings (SSSR count). The van der Waals surface area contributed by atoms with Crippen LogP contribution in [0.1, 0.15) is 31.9 Å². The fraction of sp³-hybridized carbons (Fsp3) is 0.435.